The highest BCUT2D eigenvalue weighted by atomic mass is 35.5. The summed E-state index contributed by atoms with van der Waals surface area (Å²) in [6, 6.07) is 15.0. The molecule has 6 amide bonds. The molecule has 0 aromatic heterocycles. The Labute approximate surface area is 343 Å². The van der Waals surface area contributed by atoms with Gasteiger partial charge < -0.3 is 51.2 Å². The number of nitrogens with two attached hydrogens (primary N) is 2. The number of ether oxygens (including phenoxy) is 2. The maximum Gasteiger partial charge on any atom is 0.412 e. The Morgan fingerprint density at radius 2 is 0.964 bits per heavy atom. The molecule has 56 heavy (non-hydrogen) atoms. The van der Waals surface area contributed by atoms with Gasteiger partial charge in [-0.3, -0.25) is 0 Å². The van der Waals surface area contributed by atoms with Gasteiger partial charge in [0.1, 0.15) is 0 Å². The molecule has 2 aromatic carbocycles. The summed E-state index contributed by atoms with van der Waals surface area (Å²) in [5, 5.41) is 5.84. The highest BCUT2D eigenvalue weighted by Crippen LogP contribution is 2.15. The molecule has 0 spiro atoms. The fourth-order valence-electron chi connectivity index (χ4n) is 5.70. The van der Waals surface area contributed by atoms with Crippen LogP contribution < -0.4 is 22.1 Å². The first kappa shape index (κ1) is 47.3. The first-order chi connectivity index (χ1) is 26.3. The molecule has 14 nitrogen and oxygen atoms in total. The fraction of sp³-hybridized carbons (Fsp3) is 0.500. The Kier molecular flexibility index (Phi) is 22.0. The zero-order chi connectivity index (χ0) is 38.5. The minimum Gasteiger partial charge on any atom is -0.409 e. The SMILES string of the molecule is CCCCC#CC#CCCCC(OC(=O)N1CCN(C(=O)NCc2ccc(CN)cc2)CC1)OC(=O)N1CCN(C(=O)NCc2ccc(CN)cc2)CC1.Cl.Cl. The van der Waals surface area contributed by atoms with E-state index >= 15 is 0 Å². The molecule has 2 heterocycles. The number of unbranched alkanes of at least 4 members (excludes halogenated alkanes) is 3. The van der Waals surface area contributed by atoms with Gasteiger partial charge in [0.05, 0.1) is 0 Å². The summed E-state index contributed by atoms with van der Waals surface area (Å²) in [5.74, 6) is 11.7. The molecular weight excluding hydrogens is 759 g/mol. The number of hydrogen-bond donors (Lipinski definition) is 4. The standard InChI is InChI=1S/C40H54N8O6.2ClH/c1-2-3-4-5-6-7-8-9-10-11-36(53-39(51)47-24-20-45(21-25-47)37(49)43-30-34-16-12-32(28-41)13-17-34)54-40(52)48-26-22-46(23-27-48)38(50)44-31-35-18-14-33(29-42)15-19-35;;/h12-19,36H,2-4,9-11,20-31,41-42H2,1H3,(H,43,49)(H,44,50);2*1H. The highest BCUT2D eigenvalue weighted by molar-refractivity contribution is 5.85. The number of halogens is 2. The number of rotatable bonds is 13. The topological polar surface area (TPSA) is 176 Å². The van der Waals surface area contributed by atoms with E-state index in [0.717, 1.165) is 41.5 Å². The molecular formula is C40H56Cl2N8O6. The first-order valence-electron chi connectivity index (χ1n) is 18.8. The van der Waals surface area contributed by atoms with Crippen LogP contribution in [0.3, 0.4) is 0 Å². The Morgan fingerprint density at radius 3 is 1.34 bits per heavy atom. The van der Waals surface area contributed by atoms with Gasteiger partial charge in [0.25, 0.3) is 6.29 Å². The maximum absolute atomic E-state index is 13.2. The predicted molar refractivity (Wildman–Crippen MR) is 220 cm³/mol. The molecule has 16 heteroatoms. The van der Waals surface area contributed by atoms with E-state index in [1.165, 1.54) is 9.80 Å². The number of hydrogen-bond acceptors (Lipinski definition) is 8. The van der Waals surface area contributed by atoms with E-state index < -0.39 is 18.5 Å². The molecule has 2 fully saturated rings. The minimum absolute atomic E-state index is 0. The average molecular weight is 816 g/mol. The Hall–Kier alpha value is -4.86. The zero-order valence-electron chi connectivity index (χ0n) is 32.1. The summed E-state index contributed by atoms with van der Waals surface area (Å²) in [6.07, 6.45) is 1.79. The number of carbonyl (C=O) groups is 4. The van der Waals surface area contributed by atoms with E-state index in [1.807, 2.05) is 48.5 Å². The highest BCUT2D eigenvalue weighted by Gasteiger charge is 2.30. The average Bonchev–Trinajstić information content (AvgIpc) is 3.21. The van der Waals surface area contributed by atoms with Crippen LogP contribution in [0.2, 0.25) is 0 Å². The van der Waals surface area contributed by atoms with Crippen molar-refractivity contribution < 1.29 is 28.7 Å². The van der Waals surface area contributed by atoms with Crippen molar-refractivity contribution in [3.8, 4) is 23.7 Å². The third-order valence-corrected chi connectivity index (χ3v) is 9.16. The lowest BCUT2D eigenvalue weighted by molar-refractivity contribution is -0.0882. The number of urea groups is 2. The van der Waals surface area contributed by atoms with Crippen LogP contribution in [0.15, 0.2) is 48.5 Å². The van der Waals surface area contributed by atoms with Gasteiger partial charge in [-0.25, -0.2) is 19.2 Å². The molecule has 0 aliphatic carbocycles. The van der Waals surface area contributed by atoms with Gasteiger partial charge in [-0.1, -0.05) is 73.7 Å². The summed E-state index contributed by atoms with van der Waals surface area (Å²) in [6.45, 7) is 6.14. The van der Waals surface area contributed by atoms with E-state index in [9.17, 15) is 19.2 Å². The van der Waals surface area contributed by atoms with E-state index in [4.69, 9.17) is 20.9 Å². The van der Waals surface area contributed by atoms with Crippen molar-refractivity contribution in [2.45, 2.75) is 77.9 Å². The molecule has 4 rings (SSSR count). The second-order valence-electron chi connectivity index (χ2n) is 13.1. The van der Waals surface area contributed by atoms with E-state index in [2.05, 4.69) is 41.2 Å². The summed E-state index contributed by atoms with van der Waals surface area (Å²) in [4.78, 5) is 58.4. The van der Waals surface area contributed by atoms with Crippen LogP contribution in [0.25, 0.3) is 0 Å². The van der Waals surface area contributed by atoms with Crippen molar-refractivity contribution >= 4 is 49.1 Å². The lowest BCUT2D eigenvalue weighted by Gasteiger charge is -2.36. The quantitative estimate of drug-likeness (QED) is 0.127. The van der Waals surface area contributed by atoms with Crippen molar-refractivity contribution in [1.82, 2.24) is 30.2 Å². The maximum atomic E-state index is 13.2. The normalized spacial score (nSPS) is 13.5. The van der Waals surface area contributed by atoms with Gasteiger partial charge in [-0.15, -0.1) is 24.8 Å². The lowest BCUT2D eigenvalue weighted by atomic mass is 10.1. The number of piperazine rings is 2. The molecule has 306 valence electrons. The number of benzene rings is 2. The van der Waals surface area contributed by atoms with Crippen molar-refractivity contribution in [2.24, 2.45) is 11.5 Å². The van der Waals surface area contributed by atoms with Crippen molar-refractivity contribution in [3.63, 3.8) is 0 Å². The summed E-state index contributed by atoms with van der Waals surface area (Å²) in [5.41, 5.74) is 15.3. The van der Waals surface area contributed by atoms with Crippen LogP contribution in [0.4, 0.5) is 19.2 Å². The van der Waals surface area contributed by atoms with Gasteiger partial charge in [0, 0.05) is 97.8 Å². The zero-order valence-corrected chi connectivity index (χ0v) is 33.8. The van der Waals surface area contributed by atoms with Gasteiger partial charge in [-0.05, 0) is 46.9 Å². The Balaban J connectivity index is 0.00000541. The summed E-state index contributed by atoms with van der Waals surface area (Å²) in [7, 11) is 0. The number of carbonyl (C=O) groups excluding carboxylic acids is 4. The molecule has 2 aromatic rings. The smallest absolute Gasteiger partial charge is 0.409 e. The summed E-state index contributed by atoms with van der Waals surface area (Å²) >= 11 is 0. The number of nitrogens with one attached hydrogen (secondary N) is 2. The van der Waals surface area contributed by atoms with Crippen molar-refractivity contribution in [3.05, 3.63) is 70.8 Å². The van der Waals surface area contributed by atoms with Gasteiger partial charge in [0.2, 0.25) is 0 Å². The van der Waals surface area contributed by atoms with Gasteiger partial charge >= 0.3 is 24.2 Å². The first-order valence-corrected chi connectivity index (χ1v) is 18.8. The number of amides is 6. The lowest BCUT2D eigenvalue weighted by Crippen LogP contribution is -2.54. The van der Waals surface area contributed by atoms with Crippen LogP contribution in [0, 0.1) is 23.7 Å². The summed E-state index contributed by atoms with van der Waals surface area (Å²) < 4.78 is 11.4. The largest absolute Gasteiger partial charge is 0.412 e. The molecule has 2 aliphatic heterocycles. The van der Waals surface area contributed by atoms with Crippen LogP contribution in [0.1, 0.15) is 67.7 Å². The number of nitrogens with zero attached hydrogens (tertiary/aromatic N) is 4. The Morgan fingerprint density at radius 1 is 0.607 bits per heavy atom. The monoisotopic (exact) mass is 814 g/mol. The second kappa shape index (κ2) is 26.1. The van der Waals surface area contributed by atoms with Crippen LogP contribution in [0.5, 0.6) is 0 Å². The van der Waals surface area contributed by atoms with Gasteiger partial charge in [-0.2, -0.15) is 0 Å². The van der Waals surface area contributed by atoms with Crippen LogP contribution in [-0.2, 0) is 35.7 Å². The van der Waals surface area contributed by atoms with Crippen molar-refractivity contribution in [1.29, 1.82) is 0 Å². The van der Waals surface area contributed by atoms with E-state index in [1.54, 1.807) is 9.80 Å². The van der Waals surface area contributed by atoms with E-state index in [0.29, 0.717) is 65.2 Å². The van der Waals surface area contributed by atoms with Crippen LogP contribution in [-0.4, -0.2) is 102 Å². The minimum atomic E-state index is -1.14. The predicted octanol–water partition coefficient (Wildman–Crippen LogP) is 4.77. The molecule has 2 aliphatic rings. The van der Waals surface area contributed by atoms with Crippen molar-refractivity contribution in [2.75, 3.05) is 52.4 Å². The third kappa shape index (κ3) is 16.1. The molecule has 0 atom stereocenters. The second-order valence-corrected chi connectivity index (χ2v) is 13.1. The molecule has 0 saturated carbocycles. The molecule has 0 bridgehead atoms. The van der Waals surface area contributed by atoms with E-state index in [-0.39, 0.29) is 69.5 Å². The molecule has 2 saturated heterocycles. The Bertz CT molecular complexity index is 1550. The third-order valence-electron chi connectivity index (χ3n) is 9.16. The van der Waals surface area contributed by atoms with Crippen LogP contribution >= 0.6 is 24.8 Å². The molecule has 0 unspecified atom stereocenters. The van der Waals surface area contributed by atoms with Gasteiger partial charge in [0.15, 0.2) is 0 Å². The molecule has 0 radical (unpaired) electrons. The molecule has 6 N–H and O–H groups in total. The fourth-order valence-corrected chi connectivity index (χ4v) is 5.70.